The number of amides is 1. The minimum atomic E-state index is -3.97. The zero-order chi connectivity index (χ0) is 22.9. The summed E-state index contributed by atoms with van der Waals surface area (Å²) in [6.45, 7) is 4.02. The zero-order valence-electron chi connectivity index (χ0n) is 17.4. The van der Waals surface area contributed by atoms with Crippen LogP contribution in [-0.2, 0) is 21.2 Å². The van der Waals surface area contributed by atoms with Gasteiger partial charge in [0, 0.05) is 6.20 Å². The fraction of sp³-hybridized carbons (Fsp3) is 0.174. The number of carbonyl (C=O) groups excluding carboxylic acids is 1. The molecule has 2 aromatic carbocycles. The molecule has 0 fully saturated rings. The standard InChI is InChI=1S/C23H20FN3O3S2/c1-15-11-16(2)22-20(12-15)26-23(31-22)27(13-18-5-3-4-10-25-18)21(28)14-32(29,30)19-8-6-17(24)7-9-19/h3-12H,13-14H2,1-2H3. The molecule has 32 heavy (non-hydrogen) atoms. The number of hydrogen-bond donors (Lipinski definition) is 0. The molecule has 0 radical (unpaired) electrons. The molecule has 9 heteroatoms. The van der Waals surface area contributed by atoms with Gasteiger partial charge in [0.15, 0.2) is 15.0 Å². The average molecular weight is 470 g/mol. The second-order valence-electron chi connectivity index (χ2n) is 7.44. The summed E-state index contributed by atoms with van der Waals surface area (Å²) in [5.41, 5.74) is 3.44. The Morgan fingerprint density at radius 2 is 1.84 bits per heavy atom. The van der Waals surface area contributed by atoms with E-state index in [0.717, 1.165) is 45.6 Å². The molecule has 0 atom stereocenters. The van der Waals surface area contributed by atoms with Crippen LogP contribution in [0, 0.1) is 19.7 Å². The summed E-state index contributed by atoms with van der Waals surface area (Å²) in [4.78, 5) is 23.4. The number of nitrogens with zero attached hydrogens (tertiary/aromatic N) is 3. The van der Waals surface area contributed by atoms with Gasteiger partial charge in [-0.25, -0.2) is 17.8 Å². The molecular weight excluding hydrogens is 449 g/mol. The number of hydrogen-bond acceptors (Lipinski definition) is 6. The molecule has 4 aromatic rings. The normalized spacial score (nSPS) is 11.6. The number of carbonyl (C=O) groups is 1. The van der Waals surface area contributed by atoms with Crippen LogP contribution in [0.1, 0.15) is 16.8 Å². The van der Waals surface area contributed by atoms with Crippen molar-refractivity contribution in [3.8, 4) is 0 Å². The zero-order valence-corrected chi connectivity index (χ0v) is 19.1. The van der Waals surface area contributed by atoms with Gasteiger partial charge < -0.3 is 0 Å². The average Bonchev–Trinajstić information content (AvgIpc) is 3.16. The van der Waals surface area contributed by atoms with Gasteiger partial charge in [-0.1, -0.05) is 23.5 Å². The van der Waals surface area contributed by atoms with Crippen LogP contribution in [0.3, 0.4) is 0 Å². The highest BCUT2D eigenvalue weighted by molar-refractivity contribution is 7.92. The number of aryl methyl sites for hydroxylation is 2. The highest BCUT2D eigenvalue weighted by atomic mass is 32.2. The van der Waals surface area contributed by atoms with E-state index in [2.05, 4.69) is 9.97 Å². The predicted molar refractivity (Wildman–Crippen MR) is 123 cm³/mol. The van der Waals surface area contributed by atoms with E-state index in [1.807, 2.05) is 26.0 Å². The van der Waals surface area contributed by atoms with Gasteiger partial charge in [0.1, 0.15) is 11.6 Å². The maximum Gasteiger partial charge on any atom is 0.244 e. The Morgan fingerprint density at radius 1 is 1.09 bits per heavy atom. The van der Waals surface area contributed by atoms with Gasteiger partial charge in [-0.2, -0.15) is 0 Å². The summed E-state index contributed by atoms with van der Waals surface area (Å²) in [7, 11) is -3.97. The number of rotatable bonds is 6. The smallest absolute Gasteiger partial charge is 0.244 e. The van der Waals surface area contributed by atoms with Crippen molar-refractivity contribution in [3.63, 3.8) is 0 Å². The minimum absolute atomic E-state index is 0.0798. The van der Waals surface area contributed by atoms with Crippen molar-refractivity contribution in [2.24, 2.45) is 0 Å². The van der Waals surface area contributed by atoms with E-state index in [9.17, 15) is 17.6 Å². The van der Waals surface area contributed by atoms with Crippen molar-refractivity contribution in [2.45, 2.75) is 25.3 Å². The fourth-order valence-electron chi connectivity index (χ4n) is 3.36. The Morgan fingerprint density at radius 3 is 2.53 bits per heavy atom. The molecule has 4 rings (SSSR count). The summed E-state index contributed by atoms with van der Waals surface area (Å²) in [5.74, 6) is -1.94. The van der Waals surface area contributed by atoms with Gasteiger partial charge in [0.2, 0.25) is 5.91 Å². The van der Waals surface area contributed by atoms with Gasteiger partial charge in [-0.15, -0.1) is 0 Å². The van der Waals surface area contributed by atoms with E-state index >= 15 is 0 Å². The van der Waals surface area contributed by atoms with Crippen molar-refractivity contribution in [2.75, 3.05) is 10.7 Å². The van der Waals surface area contributed by atoms with Crippen molar-refractivity contribution in [3.05, 3.63) is 83.4 Å². The summed E-state index contributed by atoms with van der Waals surface area (Å²) < 4.78 is 39.8. The van der Waals surface area contributed by atoms with Gasteiger partial charge in [-0.05, 0) is 67.4 Å². The summed E-state index contributed by atoms with van der Waals surface area (Å²) >= 11 is 1.33. The highest BCUT2D eigenvalue weighted by Crippen LogP contribution is 2.33. The van der Waals surface area contributed by atoms with Gasteiger partial charge in [0.25, 0.3) is 0 Å². The third-order valence-electron chi connectivity index (χ3n) is 4.87. The third-order valence-corrected chi connectivity index (χ3v) is 7.72. The largest absolute Gasteiger partial charge is 0.281 e. The first kappa shape index (κ1) is 22.0. The van der Waals surface area contributed by atoms with Crippen LogP contribution in [-0.4, -0.2) is 30.0 Å². The van der Waals surface area contributed by atoms with Crippen LogP contribution >= 0.6 is 11.3 Å². The molecule has 0 saturated carbocycles. The molecule has 0 saturated heterocycles. The Kier molecular flexibility index (Phi) is 6.03. The lowest BCUT2D eigenvalue weighted by molar-refractivity contribution is -0.116. The number of thiazole rings is 1. The van der Waals surface area contributed by atoms with E-state index in [0.29, 0.717) is 10.8 Å². The number of aromatic nitrogens is 2. The number of halogens is 1. The van der Waals surface area contributed by atoms with Crippen LogP contribution in [0.4, 0.5) is 9.52 Å². The topological polar surface area (TPSA) is 80.2 Å². The molecule has 0 bridgehead atoms. The van der Waals surface area contributed by atoms with Crippen LogP contribution in [0.5, 0.6) is 0 Å². The summed E-state index contributed by atoms with van der Waals surface area (Å²) in [5, 5.41) is 0.402. The molecule has 2 heterocycles. The molecule has 6 nitrogen and oxygen atoms in total. The van der Waals surface area contributed by atoms with E-state index < -0.39 is 27.3 Å². The predicted octanol–water partition coefficient (Wildman–Crippen LogP) is 4.45. The summed E-state index contributed by atoms with van der Waals surface area (Å²) in [6.07, 6.45) is 1.61. The van der Waals surface area contributed by atoms with E-state index in [1.165, 1.54) is 16.2 Å². The van der Waals surface area contributed by atoms with Gasteiger partial charge in [-0.3, -0.25) is 14.7 Å². The lowest BCUT2D eigenvalue weighted by atomic mass is 10.1. The number of benzene rings is 2. The molecule has 2 aromatic heterocycles. The summed E-state index contributed by atoms with van der Waals surface area (Å²) in [6, 6.07) is 13.7. The molecule has 0 unspecified atom stereocenters. The number of sulfone groups is 1. The Hall–Kier alpha value is -3.17. The van der Waals surface area contributed by atoms with Gasteiger partial charge in [0.05, 0.1) is 27.4 Å². The third kappa shape index (κ3) is 4.68. The van der Waals surface area contributed by atoms with Crippen molar-refractivity contribution < 1.29 is 17.6 Å². The van der Waals surface area contributed by atoms with Crippen LogP contribution < -0.4 is 4.90 Å². The van der Waals surface area contributed by atoms with Crippen LogP contribution in [0.2, 0.25) is 0 Å². The van der Waals surface area contributed by atoms with E-state index in [1.54, 1.807) is 24.4 Å². The second-order valence-corrected chi connectivity index (χ2v) is 10.4. The minimum Gasteiger partial charge on any atom is -0.281 e. The first-order valence-electron chi connectivity index (χ1n) is 9.79. The number of anilines is 1. The molecule has 0 N–H and O–H groups in total. The first-order chi connectivity index (χ1) is 15.2. The van der Waals surface area contributed by atoms with E-state index in [-0.39, 0.29) is 11.4 Å². The van der Waals surface area contributed by atoms with Crippen LogP contribution in [0.25, 0.3) is 10.2 Å². The molecule has 0 aliphatic carbocycles. The molecular formula is C23H20FN3O3S2. The van der Waals surface area contributed by atoms with Crippen molar-refractivity contribution in [1.82, 2.24) is 9.97 Å². The number of pyridine rings is 1. The second kappa shape index (κ2) is 8.76. The maximum absolute atomic E-state index is 13.2. The molecule has 0 spiro atoms. The van der Waals surface area contributed by atoms with E-state index in [4.69, 9.17) is 0 Å². The lowest BCUT2D eigenvalue weighted by Crippen LogP contribution is -2.35. The monoisotopic (exact) mass is 469 g/mol. The lowest BCUT2D eigenvalue weighted by Gasteiger charge is -2.19. The Labute approximate surface area is 189 Å². The van der Waals surface area contributed by atoms with Gasteiger partial charge >= 0.3 is 0 Å². The fourth-order valence-corrected chi connectivity index (χ4v) is 5.59. The van der Waals surface area contributed by atoms with Crippen LogP contribution in [0.15, 0.2) is 65.7 Å². The Balaban J connectivity index is 1.71. The van der Waals surface area contributed by atoms with Crippen molar-refractivity contribution >= 4 is 42.4 Å². The first-order valence-corrected chi connectivity index (χ1v) is 12.3. The van der Waals surface area contributed by atoms with Crippen molar-refractivity contribution in [1.29, 1.82) is 0 Å². The number of fused-ring (bicyclic) bond motifs is 1. The maximum atomic E-state index is 13.2. The molecule has 0 aliphatic heterocycles. The SMILES string of the molecule is Cc1cc(C)c2sc(N(Cc3ccccn3)C(=O)CS(=O)(=O)c3ccc(F)cc3)nc2c1. The highest BCUT2D eigenvalue weighted by Gasteiger charge is 2.27. The quantitative estimate of drug-likeness (QED) is 0.390. The molecule has 1 amide bonds. The molecule has 0 aliphatic rings. The Bertz CT molecular complexity index is 1390. The molecule has 164 valence electrons.